The molecule has 1 amide bonds. The third kappa shape index (κ3) is 4.57. The molecule has 1 aliphatic heterocycles. The van der Waals surface area contributed by atoms with E-state index in [-0.39, 0.29) is 5.91 Å². The smallest absolute Gasteiger partial charge is 0.226 e. The van der Waals surface area contributed by atoms with Crippen LogP contribution in [0.1, 0.15) is 43.0 Å². The van der Waals surface area contributed by atoms with E-state index in [9.17, 15) is 4.79 Å². The lowest BCUT2D eigenvalue weighted by molar-refractivity contribution is -0.120. The van der Waals surface area contributed by atoms with Crippen molar-refractivity contribution in [3.8, 4) is 0 Å². The molecule has 1 N–H and O–H groups in total. The van der Waals surface area contributed by atoms with E-state index in [1.807, 2.05) is 22.2 Å². The summed E-state index contributed by atoms with van der Waals surface area (Å²) in [6, 6.07) is 9.29. The molecule has 0 radical (unpaired) electrons. The number of imidazole rings is 1. The number of fused-ring (bicyclic) bond motifs is 1. The zero-order valence-electron chi connectivity index (χ0n) is 15.7. The number of aromatic nitrogens is 2. The van der Waals surface area contributed by atoms with Gasteiger partial charge in [0.2, 0.25) is 5.91 Å². The highest BCUT2D eigenvalue weighted by molar-refractivity contribution is 7.15. The van der Waals surface area contributed by atoms with Gasteiger partial charge in [0.15, 0.2) is 4.96 Å². The number of hydrogen-bond donors (Lipinski definition) is 1. The molecule has 6 heteroatoms. The molecule has 27 heavy (non-hydrogen) atoms. The molecule has 2 aromatic heterocycles. The first-order valence-corrected chi connectivity index (χ1v) is 10.5. The highest BCUT2D eigenvalue weighted by Crippen LogP contribution is 2.19. The molecule has 1 aromatic carbocycles. The fraction of sp³-hybridized carbons (Fsp3) is 0.429. The number of carbonyl (C=O) groups is 1. The van der Waals surface area contributed by atoms with Crippen LogP contribution in [0.4, 0.5) is 0 Å². The minimum Gasteiger partial charge on any atom is -0.352 e. The van der Waals surface area contributed by atoms with Crippen LogP contribution in [0, 0.1) is 0 Å². The van der Waals surface area contributed by atoms with Crippen molar-refractivity contribution in [2.45, 2.75) is 51.7 Å². The predicted octanol–water partition coefficient (Wildman–Crippen LogP) is 3.63. The molecule has 5 nitrogen and oxygen atoms in total. The van der Waals surface area contributed by atoms with Gasteiger partial charge in [0.05, 0.1) is 12.1 Å². The maximum atomic E-state index is 12.2. The van der Waals surface area contributed by atoms with Gasteiger partial charge in [-0.1, -0.05) is 30.7 Å². The number of rotatable bonds is 6. The van der Waals surface area contributed by atoms with Crippen molar-refractivity contribution in [3.63, 3.8) is 0 Å². The lowest BCUT2D eigenvalue weighted by Gasteiger charge is -2.33. The Bertz CT molecular complexity index is 870. The molecule has 4 rings (SSSR count). The summed E-state index contributed by atoms with van der Waals surface area (Å²) in [4.78, 5) is 20.1. The Labute approximate surface area is 164 Å². The third-order valence-corrected chi connectivity index (χ3v) is 6.09. The van der Waals surface area contributed by atoms with Crippen molar-refractivity contribution in [1.29, 1.82) is 0 Å². The summed E-state index contributed by atoms with van der Waals surface area (Å²) < 4.78 is 1.95. The highest BCUT2D eigenvalue weighted by Gasteiger charge is 2.18. The van der Waals surface area contributed by atoms with Gasteiger partial charge in [-0.25, -0.2) is 4.98 Å². The van der Waals surface area contributed by atoms with Crippen molar-refractivity contribution in [1.82, 2.24) is 19.6 Å². The molecule has 3 aromatic rings. The van der Waals surface area contributed by atoms with Crippen LogP contribution in [-0.4, -0.2) is 32.8 Å². The Morgan fingerprint density at radius 3 is 2.85 bits per heavy atom. The summed E-state index contributed by atoms with van der Waals surface area (Å²) in [5.74, 6) is 0.00645. The summed E-state index contributed by atoms with van der Waals surface area (Å²) in [5.41, 5.74) is 3.28. The van der Waals surface area contributed by atoms with E-state index in [4.69, 9.17) is 0 Å². The van der Waals surface area contributed by atoms with Crippen LogP contribution in [0.3, 0.4) is 0 Å². The Hall–Kier alpha value is -2.18. The van der Waals surface area contributed by atoms with E-state index >= 15 is 0 Å². The fourth-order valence-electron chi connectivity index (χ4n) is 3.68. The standard InChI is InChI=1S/C21H26N4OS/c1-16-4-2-3-9-24(16)14-18-7-5-17(6-8-18)13-22-20(26)12-19-15-25-10-11-27-21(25)23-19/h5-8,10-11,15-16H,2-4,9,12-14H2,1H3,(H,22,26). The molecule has 0 spiro atoms. The molecular weight excluding hydrogens is 356 g/mol. The molecular formula is C21H26N4OS. The molecule has 1 saturated heterocycles. The number of thiazole rings is 1. The summed E-state index contributed by atoms with van der Waals surface area (Å²) in [6.45, 7) is 5.10. The first kappa shape index (κ1) is 18.2. The second-order valence-corrected chi connectivity index (χ2v) is 8.28. The second-order valence-electron chi connectivity index (χ2n) is 7.41. The zero-order valence-corrected chi connectivity index (χ0v) is 16.5. The van der Waals surface area contributed by atoms with Gasteiger partial charge in [-0.15, -0.1) is 11.3 Å². The predicted molar refractivity (Wildman–Crippen MR) is 109 cm³/mol. The van der Waals surface area contributed by atoms with E-state index in [0.717, 1.165) is 22.8 Å². The summed E-state index contributed by atoms with van der Waals surface area (Å²) in [5, 5.41) is 4.98. The Morgan fingerprint density at radius 2 is 2.07 bits per heavy atom. The summed E-state index contributed by atoms with van der Waals surface area (Å²) in [7, 11) is 0. The van der Waals surface area contributed by atoms with Crippen molar-refractivity contribution in [3.05, 3.63) is 58.9 Å². The van der Waals surface area contributed by atoms with E-state index < -0.39 is 0 Å². The topological polar surface area (TPSA) is 49.6 Å². The van der Waals surface area contributed by atoms with Gasteiger partial charge in [0.1, 0.15) is 0 Å². The van der Waals surface area contributed by atoms with Gasteiger partial charge in [0, 0.05) is 36.9 Å². The summed E-state index contributed by atoms with van der Waals surface area (Å²) in [6.07, 6.45) is 8.16. The number of hydrogen-bond acceptors (Lipinski definition) is 4. The van der Waals surface area contributed by atoms with Crippen LogP contribution in [0.15, 0.2) is 42.0 Å². The van der Waals surface area contributed by atoms with E-state index in [2.05, 4.69) is 46.4 Å². The minimum absolute atomic E-state index is 0.00645. The molecule has 1 atom stereocenters. The minimum atomic E-state index is 0.00645. The van der Waals surface area contributed by atoms with Crippen LogP contribution in [0.25, 0.3) is 4.96 Å². The van der Waals surface area contributed by atoms with Gasteiger partial charge < -0.3 is 5.32 Å². The normalized spacial score (nSPS) is 18.0. The molecule has 0 saturated carbocycles. The van der Waals surface area contributed by atoms with E-state index in [0.29, 0.717) is 19.0 Å². The SMILES string of the molecule is CC1CCCCN1Cc1ccc(CNC(=O)Cc2cn3ccsc3n2)cc1. The number of carbonyl (C=O) groups excluding carboxylic acids is 1. The maximum absolute atomic E-state index is 12.2. The monoisotopic (exact) mass is 382 g/mol. The number of nitrogens with one attached hydrogen (secondary N) is 1. The van der Waals surface area contributed by atoms with Crippen LogP contribution < -0.4 is 5.32 Å². The molecule has 3 heterocycles. The fourth-order valence-corrected chi connectivity index (χ4v) is 4.40. The average Bonchev–Trinajstić information content (AvgIpc) is 3.25. The average molecular weight is 383 g/mol. The van der Waals surface area contributed by atoms with Gasteiger partial charge in [-0.3, -0.25) is 14.1 Å². The van der Waals surface area contributed by atoms with Crippen LogP contribution in [0.2, 0.25) is 0 Å². The first-order valence-electron chi connectivity index (χ1n) is 9.67. The molecule has 1 fully saturated rings. The summed E-state index contributed by atoms with van der Waals surface area (Å²) >= 11 is 1.58. The van der Waals surface area contributed by atoms with Crippen LogP contribution >= 0.6 is 11.3 Å². The molecule has 1 unspecified atom stereocenters. The van der Waals surface area contributed by atoms with Crippen LogP contribution in [-0.2, 0) is 24.3 Å². The lowest BCUT2D eigenvalue weighted by atomic mass is 10.0. The lowest BCUT2D eigenvalue weighted by Crippen LogP contribution is -2.36. The van der Waals surface area contributed by atoms with E-state index in [1.54, 1.807) is 11.3 Å². The number of nitrogens with zero attached hydrogens (tertiary/aromatic N) is 3. The Balaban J connectivity index is 1.26. The Morgan fingerprint density at radius 1 is 1.26 bits per heavy atom. The molecule has 1 aliphatic rings. The zero-order chi connectivity index (χ0) is 18.6. The highest BCUT2D eigenvalue weighted by atomic mass is 32.1. The molecule has 0 aliphatic carbocycles. The largest absolute Gasteiger partial charge is 0.352 e. The van der Waals surface area contributed by atoms with E-state index in [1.165, 1.54) is 31.4 Å². The van der Waals surface area contributed by atoms with Gasteiger partial charge in [-0.05, 0) is 37.4 Å². The van der Waals surface area contributed by atoms with Crippen molar-refractivity contribution in [2.75, 3.05) is 6.54 Å². The van der Waals surface area contributed by atoms with Crippen molar-refractivity contribution >= 4 is 22.2 Å². The van der Waals surface area contributed by atoms with Crippen molar-refractivity contribution in [2.24, 2.45) is 0 Å². The van der Waals surface area contributed by atoms with Gasteiger partial charge in [-0.2, -0.15) is 0 Å². The third-order valence-electron chi connectivity index (χ3n) is 5.32. The number of likely N-dealkylation sites (tertiary alicyclic amines) is 1. The number of piperidine rings is 1. The maximum Gasteiger partial charge on any atom is 0.226 e. The number of amides is 1. The second kappa shape index (κ2) is 8.23. The number of benzene rings is 1. The first-order chi connectivity index (χ1) is 13.2. The van der Waals surface area contributed by atoms with Gasteiger partial charge in [0.25, 0.3) is 0 Å². The quantitative estimate of drug-likeness (QED) is 0.708. The molecule has 142 valence electrons. The van der Waals surface area contributed by atoms with Gasteiger partial charge >= 0.3 is 0 Å². The Kier molecular flexibility index (Phi) is 5.55. The molecule has 0 bridgehead atoms. The van der Waals surface area contributed by atoms with Crippen molar-refractivity contribution < 1.29 is 4.79 Å². The van der Waals surface area contributed by atoms with Crippen LogP contribution in [0.5, 0.6) is 0 Å².